The summed E-state index contributed by atoms with van der Waals surface area (Å²) >= 11 is 0. The molecule has 1 aromatic carbocycles. The lowest BCUT2D eigenvalue weighted by molar-refractivity contribution is 0.106. The number of pyridine rings is 1. The van der Waals surface area contributed by atoms with E-state index in [1.54, 1.807) is 7.11 Å². The van der Waals surface area contributed by atoms with Crippen LogP contribution in [0, 0.1) is 19.8 Å². The van der Waals surface area contributed by atoms with Crippen molar-refractivity contribution >= 4 is 11.9 Å². The van der Waals surface area contributed by atoms with E-state index in [9.17, 15) is 0 Å². The first-order chi connectivity index (χ1) is 14.7. The molecular formula is C23H26N4O3. The number of methoxy groups -OCH3 is 1. The highest BCUT2D eigenvalue weighted by Crippen LogP contribution is 2.50. The SMILES string of the molecule is COc1ncc(C)c(-c2ccc3c(c2)NC2OC2C2C=NN([C@H]4CCOC4)C32)c1C. The van der Waals surface area contributed by atoms with Gasteiger partial charge in [0.2, 0.25) is 5.88 Å². The topological polar surface area (TPSA) is 71.5 Å². The smallest absolute Gasteiger partial charge is 0.216 e. The molecule has 7 nitrogen and oxygen atoms in total. The second-order valence-corrected chi connectivity index (χ2v) is 8.60. The van der Waals surface area contributed by atoms with Crippen molar-refractivity contribution in [3.05, 3.63) is 41.1 Å². The van der Waals surface area contributed by atoms with Gasteiger partial charge >= 0.3 is 0 Å². The van der Waals surface area contributed by atoms with Crippen LogP contribution in [0.1, 0.15) is 29.2 Å². The van der Waals surface area contributed by atoms with Crippen LogP contribution in [0.2, 0.25) is 0 Å². The molecule has 30 heavy (non-hydrogen) atoms. The standard InChI is InChI=1S/C23H26N4O3/c1-12-9-24-22(28-3)13(2)19(12)14-4-5-16-18(8-14)26-23-21(30-23)17-10-25-27(20(16)17)15-6-7-29-11-15/h4-5,8-10,15,17,20-21,23,26H,6-7,11H2,1-3H3/t15-,17?,20?,21?,23?/m0/s1. The summed E-state index contributed by atoms with van der Waals surface area (Å²) in [5.41, 5.74) is 6.91. The van der Waals surface area contributed by atoms with Crippen LogP contribution in [-0.4, -0.2) is 54.9 Å². The van der Waals surface area contributed by atoms with Gasteiger partial charge in [0.15, 0.2) is 6.23 Å². The van der Waals surface area contributed by atoms with Gasteiger partial charge < -0.3 is 19.5 Å². The molecule has 2 fully saturated rings. The van der Waals surface area contributed by atoms with Gasteiger partial charge in [-0.25, -0.2) is 4.98 Å². The van der Waals surface area contributed by atoms with E-state index in [-0.39, 0.29) is 24.3 Å². The largest absolute Gasteiger partial charge is 0.481 e. The van der Waals surface area contributed by atoms with Gasteiger partial charge in [0.25, 0.3) is 0 Å². The minimum absolute atomic E-state index is 0.0504. The van der Waals surface area contributed by atoms with Crippen molar-refractivity contribution in [2.24, 2.45) is 11.0 Å². The minimum atomic E-state index is 0.0504. The molecule has 0 spiro atoms. The van der Waals surface area contributed by atoms with Gasteiger partial charge in [0, 0.05) is 35.8 Å². The van der Waals surface area contributed by atoms with Crippen molar-refractivity contribution in [1.82, 2.24) is 9.99 Å². The van der Waals surface area contributed by atoms with Gasteiger partial charge in [-0.05, 0) is 43.0 Å². The Kier molecular flexibility index (Phi) is 4.05. The predicted molar refractivity (Wildman–Crippen MR) is 114 cm³/mol. The Labute approximate surface area is 176 Å². The zero-order valence-corrected chi connectivity index (χ0v) is 17.5. The lowest BCUT2D eigenvalue weighted by Gasteiger charge is -2.32. The van der Waals surface area contributed by atoms with E-state index < -0.39 is 0 Å². The maximum atomic E-state index is 5.98. The summed E-state index contributed by atoms with van der Waals surface area (Å²) in [6, 6.07) is 7.22. The molecule has 0 saturated carbocycles. The average molecular weight is 406 g/mol. The third-order valence-electron chi connectivity index (χ3n) is 6.82. The molecule has 6 rings (SSSR count). The Morgan fingerprint density at radius 1 is 1.27 bits per heavy atom. The first-order valence-corrected chi connectivity index (χ1v) is 10.6. The molecule has 0 amide bonds. The molecule has 5 heterocycles. The molecule has 156 valence electrons. The Morgan fingerprint density at radius 3 is 2.97 bits per heavy atom. The van der Waals surface area contributed by atoms with E-state index in [1.807, 2.05) is 6.20 Å². The van der Waals surface area contributed by atoms with E-state index in [0.717, 1.165) is 42.0 Å². The second-order valence-electron chi connectivity index (χ2n) is 8.60. The van der Waals surface area contributed by atoms with Crippen LogP contribution in [0.15, 0.2) is 29.5 Å². The molecule has 0 bridgehead atoms. The normalized spacial score (nSPS) is 30.9. The molecule has 2 saturated heterocycles. The number of anilines is 1. The fourth-order valence-electron chi connectivity index (χ4n) is 5.30. The highest BCUT2D eigenvalue weighted by Gasteiger charge is 2.55. The number of nitrogens with zero attached hydrogens (tertiary/aromatic N) is 3. The molecule has 5 atom stereocenters. The first kappa shape index (κ1) is 18.2. The van der Waals surface area contributed by atoms with Crippen molar-refractivity contribution in [3.8, 4) is 17.0 Å². The summed E-state index contributed by atoms with van der Waals surface area (Å²) in [5.74, 6) is 0.931. The third kappa shape index (κ3) is 2.65. The summed E-state index contributed by atoms with van der Waals surface area (Å²) in [7, 11) is 1.67. The molecular weight excluding hydrogens is 380 g/mol. The summed E-state index contributed by atoms with van der Waals surface area (Å²) in [5, 5.41) is 10.7. The van der Waals surface area contributed by atoms with Crippen LogP contribution < -0.4 is 10.1 Å². The van der Waals surface area contributed by atoms with Gasteiger partial charge in [-0.3, -0.25) is 5.01 Å². The van der Waals surface area contributed by atoms with E-state index >= 15 is 0 Å². The van der Waals surface area contributed by atoms with Gasteiger partial charge in [0.1, 0.15) is 6.10 Å². The van der Waals surface area contributed by atoms with Gasteiger partial charge in [0.05, 0.1) is 31.7 Å². The zero-order valence-electron chi connectivity index (χ0n) is 17.5. The molecule has 0 radical (unpaired) electrons. The monoisotopic (exact) mass is 406 g/mol. The maximum absolute atomic E-state index is 5.98. The number of ether oxygens (including phenoxy) is 3. The van der Waals surface area contributed by atoms with Crippen LogP contribution in [0.3, 0.4) is 0 Å². The number of benzene rings is 1. The number of nitrogens with one attached hydrogen (secondary N) is 1. The van der Waals surface area contributed by atoms with Crippen LogP contribution in [0.5, 0.6) is 5.88 Å². The predicted octanol–water partition coefficient (Wildman–Crippen LogP) is 3.27. The highest BCUT2D eigenvalue weighted by molar-refractivity contribution is 5.78. The van der Waals surface area contributed by atoms with Crippen LogP contribution >= 0.6 is 0 Å². The number of fused-ring (bicyclic) bond motifs is 5. The number of rotatable bonds is 3. The molecule has 0 aliphatic carbocycles. The minimum Gasteiger partial charge on any atom is -0.481 e. The fourth-order valence-corrected chi connectivity index (χ4v) is 5.30. The Morgan fingerprint density at radius 2 is 2.17 bits per heavy atom. The van der Waals surface area contributed by atoms with E-state index in [2.05, 4.69) is 53.6 Å². The molecule has 4 aliphatic heterocycles. The van der Waals surface area contributed by atoms with E-state index in [1.165, 1.54) is 11.1 Å². The van der Waals surface area contributed by atoms with Crippen molar-refractivity contribution < 1.29 is 14.2 Å². The number of aromatic nitrogens is 1. The number of epoxide rings is 1. The van der Waals surface area contributed by atoms with Crippen molar-refractivity contribution in [1.29, 1.82) is 0 Å². The molecule has 4 aliphatic rings. The van der Waals surface area contributed by atoms with Crippen molar-refractivity contribution in [2.45, 2.75) is 44.7 Å². The Bertz CT molecular complexity index is 1030. The van der Waals surface area contributed by atoms with Crippen LogP contribution in [-0.2, 0) is 9.47 Å². The van der Waals surface area contributed by atoms with E-state index in [0.29, 0.717) is 11.9 Å². The fraction of sp³-hybridized carbons (Fsp3) is 0.478. The van der Waals surface area contributed by atoms with Crippen LogP contribution in [0.4, 0.5) is 5.69 Å². The van der Waals surface area contributed by atoms with E-state index in [4.69, 9.17) is 19.3 Å². The van der Waals surface area contributed by atoms with Crippen molar-refractivity contribution in [3.63, 3.8) is 0 Å². The summed E-state index contributed by atoms with van der Waals surface area (Å²) in [6.45, 7) is 5.71. The second kappa shape index (κ2) is 6.68. The quantitative estimate of drug-likeness (QED) is 0.789. The highest BCUT2D eigenvalue weighted by atomic mass is 16.6. The Hall–Kier alpha value is -2.64. The lowest BCUT2D eigenvalue weighted by Crippen LogP contribution is -2.35. The molecule has 1 aromatic heterocycles. The Balaban J connectivity index is 1.44. The lowest BCUT2D eigenvalue weighted by atomic mass is 9.89. The zero-order chi connectivity index (χ0) is 20.4. The first-order valence-electron chi connectivity index (χ1n) is 10.6. The average Bonchev–Trinajstić information content (AvgIpc) is 3.13. The molecule has 4 unspecified atom stereocenters. The maximum Gasteiger partial charge on any atom is 0.216 e. The molecule has 1 N–H and O–H groups in total. The summed E-state index contributed by atoms with van der Waals surface area (Å²) in [6.07, 6.45) is 5.20. The molecule has 2 aromatic rings. The number of aryl methyl sites for hydroxylation is 1. The van der Waals surface area contributed by atoms with Gasteiger partial charge in [-0.1, -0.05) is 12.1 Å². The number of hydrogen-bond donors (Lipinski definition) is 1. The van der Waals surface area contributed by atoms with Gasteiger partial charge in [-0.15, -0.1) is 0 Å². The summed E-state index contributed by atoms with van der Waals surface area (Å²) < 4.78 is 17.1. The number of hydrazone groups is 1. The third-order valence-corrected chi connectivity index (χ3v) is 6.82. The number of hydrogen-bond acceptors (Lipinski definition) is 7. The van der Waals surface area contributed by atoms with Gasteiger partial charge in [-0.2, -0.15) is 5.10 Å². The van der Waals surface area contributed by atoms with Crippen molar-refractivity contribution in [2.75, 3.05) is 25.6 Å². The van der Waals surface area contributed by atoms with Crippen LogP contribution in [0.25, 0.3) is 11.1 Å². The summed E-state index contributed by atoms with van der Waals surface area (Å²) in [4.78, 5) is 4.41. The molecule has 7 heteroatoms.